The molecule has 0 saturated carbocycles. The van der Waals surface area contributed by atoms with Gasteiger partial charge in [-0.1, -0.05) is 30.3 Å². The molecule has 0 aliphatic carbocycles. The molecule has 0 amide bonds. The van der Waals surface area contributed by atoms with Crippen molar-refractivity contribution in [2.75, 3.05) is 13.2 Å². The van der Waals surface area contributed by atoms with Crippen LogP contribution in [0.15, 0.2) is 35.4 Å². The van der Waals surface area contributed by atoms with Crippen LogP contribution < -0.4 is 40.1 Å². The summed E-state index contributed by atoms with van der Waals surface area (Å²) in [5.74, 6) is -1.28. The number of carbonyl (C=O) groups excluding carboxylic acids is 1. The van der Waals surface area contributed by atoms with Gasteiger partial charge in [0.2, 0.25) is 0 Å². The Hall–Kier alpha value is -0.880. The molecule has 0 unspecified atom stereocenters. The molecular formula is C12H15N2NaO3. The number of nitrogens with one attached hydrogen (secondary N) is 1. The molecule has 0 saturated heterocycles. The van der Waals surface area contributed by atoms with Crippen molar-refractivity contribution < 1.29 is 44.2 Å². The normalized spacial score (nSPS) is 10.6. The predicted molar refractivity (Wildman–Crippen MR) is 62.2 cm³/mol. The number of hydrazone groups is 1. The molecule has 0 aromatic heterocycles. The first-order valence-electron chi connectivity index (χ1n) is 5.30. The van der Waals surface area contributed by atoms with Gasteiger partial charge in [0, 0.05) is 0 Å². The molecule has 1 aromatic rings. The molecule has 1 aromatic carbocycles. The van der Waals surface area contributed by atoms with E-state index in [1.54, 1.807) is 0 Å². The first-order chi connectivity index (χ1) is 8.20. The summed E-state index contributed by atoms with van der Waals surface area (Å²) < 4.78 is 5.37. The average Bonchev–Trinajstić information content (AvgIpc) is 2.34. The van der Waals surface area contributed by atoms with E-state index >= 15 is 0 Å². The molecule has 0 bridgehead atoms. The maximum absolute atomic E-state index is 10.3. The Labute approximate surface area is 129 Å². The van der Waals surface area contributed by atoms with Crippen LogP contribution in [0.1, 0.15) is 12.5 Å². The zero-order valence-electron chi connectivity index (χ0n) is 10.7. The minimum Gasteiger partial charge on any atom is -0.543 e. The van der Waals surface area contributed by atoms with Gasteiger partial charge in [0.25, 0.3) is 0 Å². The van der Waals surface area contributed by atoms with Crippen LogP contribution in [0.3, 0.4) is 0 Å². The van der Waals surface area contributed by atoms with Crippen molar-refractivity contribution in [3.8, 4) is 0 Å². The summed E-state index contributed by atoms with van der Waals surface area (Å²) in [4.78, 5) is 10.3. The number of rotatable bonds is 7. The second kappa shape index (κ2) is 10.1. The summed E-state index contributed by atoms with van der Waals surface area (Å²) in [6.07, 6.45) is 0. The summed E-state index contributed by atoms with van der Waals surface area (Å²) >= 11 is 0. The molecule has 0 fully saturated rings. The Bertz CT molecular complexity index is 382. The molecule has 92 valence electrons. The van der Waals surface area contributed by atoms with Crippen molar-refractivity contribution >= 4 is 11.7 Å². The van der Waals surface area contributed by atoms with Gasteiger partial charge < -0.3 is 20.1 Å². The monoisotopic (exact) mass is 258 g/mol. The van der Waals surface area contributed by atoms with E-state index in [1.807, 2.05) is 30.3 Å². The van der Waals surface area contributed by atoms with Crippen molar-refractivity contribution in [2.45, 2.75) is 13.5 Å². The summed E-state index contributed by atoms with van der Waals surface area (Å²) in [6.45, 7) is 2.81. The van der Waals surface area contributed by atoms with Crippen LogP contribution in [0.5, 0.6) is 0 Å². The molecule has 6 heteroatoms. The van der Waals surface area contributed by atoms with Gasteiger partial charge in [0.15, 0.2) is 0 Å². The van der Waals surface area contributed by atoms with Crippen LogP contribution in [0.25, 0.3) is 0 Å². The number of carboxylic acid groups (broad SMARTS) is 1. The fourth-order valence-corrected chi connectivity index (χ4v) is 1.10. The standard InChI is InChI=1S/C12H16N2O3.Na/c1-10(12(15)16)14-13-7-8-17-9-11-5-3-2-4-6-11;/h2-6,13H,7-9H2,1H3,(H,15,16);/q;+1/p-1. The number of nitrogens with zero attached hydrogens (tertiary/aromatic N) is 1. The van der Waals surface area contributed by atoms with E-state index < -0.39 is 5.97 Å². The summed E-state index contributed by atoms with van der Waals surface area (Å²) in [5.41, 5.74) is 3.62. The Balaban J connectivity index is 0.00000289. The van der Waals surface area contributed by atoms with Crippen LogP contribution in [0.4, 0.5) is 0 Å². The topological polar surface area (TPSA) is 73.8 Å². The zero-order valence-corrected chi connectivity index (χ0v) is 12.7. The van der Waals surface area contributed by atoms with Crippen molar-refractivity contribution in [2.24, 2.45) is 5.10 Å². The quantitative estimate of drug-likeness (QED) is 0.244. The fourth-order valence-electron chi connectivity index (χ4n) is 1.10. The minimum absolute atomic E-state index is 0. The first kappa shape index (κ1) is 17.1. The smallest absolute Gasteiger partial charge is 0.543 e. The van der Waals surface area contributed by atoms with Crippen LogP contribution >= 0.6 is 0 Å². The Morgan fingerprint density at radius 3 is 2.67 bits per heavy atom. The second-order valence-electron chi connectivity index (χ2n) is 3.43. The van der Waals surface area contributed by atoms with Gasteiger partial charge >= 0.3 is 29.6 Å². The Morgan fingerprint density at radius 1 is 1.39 bits per heavy atom. The molecule has 0 radical (unpaired) electrons. The maximum atomic E-state index is 10.3. The zero-order chi connectivity index (χ0) is 12.5. The van der Waals surface area contributed by atoms with Crippen LogP contribution in [0, 0.1) is 0 Å². The van der Waals surface area contributed by atoms with E-state index in [0.29, 0.717) is 19.8 Å². The van der Waals surface area contributed by atoms with E-state index in [9.17, 15) is 9.90 Å². The van der Waals surface area contributed by atoms with Gasteiger partial charge in [-0.2, -0.15) is 5.10 Å². The predicted octanol–water partition coefficient (Wildman–Crippen LogP) is -3.08. The number of carboxylic acids is 1. The van der Waals surface area contributed by atoms with Crippen LogP contribution in [-0.2, 0) is 16.1 Å². The van der Waals surface area contributed by atoms with Crippen molar-refractivity contribution in [1.82, 2.24) is 5.43 Å². The molecule has 18 heavy (non-hydrogen) atoms. The van der Waals surface area contributed by atoms with Gasteiger partial charge in [-0.15, -0.1) is 0 Å². The molecule has 0 atom stereocenters. The van der Waals surface area contributed by atoms with Crippen molar-refractivity contribution in [3.05, 3.63) is 35.9 Å². The Morgan fingerprint density at radius 2 is 2.06 bits per heavy atom. The Kier molecular flexibility index (Phi) is 9.59. The summed E-state index contributed by atoms with van der Waals surface area (Å²) in [6, 6.07) is 9.80. The summed E-state index contributed by atoms with van der Waals surface area (Å²) in [5, 5.41) is 13.9. The minimum atomic E-state index is -1.28. The second-order valence-corrected chi connectivity index (χ2v) is 3.43. The molecule has 5 nitrogen and oxygen atoms in total. The van der Waals surface area contributed by atoms with Gasteiger partial charge in [0.1, 0.15) is 0 Å². The third-order valence-electron chi connectivity index (χ3n) is 2.01. The van der Waals surface area contributed by atoms with Crippen molar-refractivity contribution in [3.63, 3.8) is 0 Å². The van der Waals surface area contributed by atoms with E-state index in [-0.39, 0.29) is 35.3 Å². The van der Waals surface area contributed by atoms with Crippen LogP contribution in [-0.4, -0.2) is 24.8 Å². The van der Waals surface area contributed by atoms with Gasteiger partial charge in [-0.3, -0.25) is 0 Å². The fraction of sp³-hybridized carbons (Fsp3) is 0.333. The number of hydrogen-bond acceptors (Lipinski definition) is 5. The number of carbonyl (C=O) groups is 1. The van der Waals surface area contributed by atoms with E-state index in [2.05, 4.69) is 10.5 Å². The van der Waals surface area contributed by atoms with E-state index in [1.165, 1.54) is 6.92 Å². The largest absolute Gasteiger partial charge is 1.00 e. The average molecular weight is 258 g/mol. The number of benzene rings is 1. The number of hydrogen-bond donors (Lipinski definition) is 1. The summed E-state index contributed by atoms with van der Waals surface area (Å²) in [7, 11) is 0. The third-order valence-corrected chi connectivity index (χ3v) is 2.01. The van der Waals surface area contributed by atoms with Crippen LogP contribution in [0.2, 0.25) is 0 Å². The van der Waals surface area contributed by atoms with E-state index in [0.717, 1.165) is 5.56 Å². The molecule has 1 rings (SSSR count). The SMILES string of the molecule is CC(=NNCCOCc1ccccc1)C(=O)[O-].[Na+]. The molecule has 0 aliphatic rings. The molecular weight excluding hydrogens is 243 g/mol. The van der Waals surface area contributed by atoms with Gasteiger partial charge in [-0.05, 0) is 12.5 Å². The molecule has 0 spiro atoms. The number of ether oxygens (including phenoxy) is 1. The van der Waals surface area contributed by atoms with Gasteiger partial charge in [-0.25, -0.2) is 0 Å². The molecule has 0 heterocycles. The number of aliphatic carboxylic acids is 1. The van der Waals surface area contributed by atoms with Gasteiger partial charge in [0.05, 0.1) is 31.4 Å². The third kappa shape index (κ3) is 7.45. The van der Waals surface area contributed by atoms with E-state index in [4.69, 9.17) is 4.74 Å². The molecule has 0 aliphatic heterocycles. The molecule has 1 N–H and O–H groups in total. The first-order valence-corrected chi connectivity index (χ1v) is 5.30. The maximum Gasteiger partial charge on any atom is 1.00 e. The van der Waals surface area contributed by atoms with Crippen molar-refractivity contribution in [1.29, 1.82) is 0 Å².